The number of hydrogen-bond donors (Lipinski definition) is 1. The number of nitro groups is 1. The monoisotopic (exact) mass is 395 g/mol. The average Bonchev–Trinajstić information content (AvgIpc) is 2.73. The number of rotatable bonds is 7. The molecule has 0 spiro atoms. The van der Waals surface area contributed by atoms with Crippen LogP contribution < -0.4 is 20.5 Å². The van der Waals surface area contributed by atoms with Crippen molar-refractivity contribution in [2.24, 2.45) is 0 Å². The lowest BCUT2D eigenvalue weighted by atomic mass is 10.2. The smallest absolute Gasteiger partial charge is 0.295 e. The van der Waals surface area contributed by atoms with Crippen molar-refractivity contribution in [2.75, 3.05) is 12.4 Å². The molecule has 2 aromatic carbocycles. The second kappa shape index (κ2) is 8.70. The van der Waals surface area contributed by atoms with Crippen LogP contribution in [0.3, 0.4) is 0 Å². The highest BCUT2D eigenvalue weighted by atomic mass is 16.7. The minimum Gasteiger partial charge on any atom is -0.497 e. The molecule has 29 heavy (non-hydrogen) atoms. The van der Waals surface area contributed by atoms with Gasteiger partial charge in [-0.2, -0.15) is 4.73 Å². The van der Waals surface area contributed by atoms with E-state index in [2.05, 4.69) is 5.32 Å². The van der Waals surface area contributed by atoms with E-state index in [9.17, 15) is 19.7 Å². The average molecular weight is 395 g/mol. The minimum absolute atomic E-state index is 0.0777. The van der Waals surface area contributed by atoms with Crippen molar-refractivity contribution in [2.45, 2.75) is 6.61 Å². The summed E-state index contributed by atoms with van der Waals surface area (Å²) in [5.41, 5.74) is 0.180. The Morgan fingerprint density at radius 3 is 2.59 bits per heavy atom. The third-order valence-electron chi connectivity index (χ3n) is 4.00. The van der Waals surface area contributed by atoms with Crippen molar-refractivity contribution in [1.82, 2.24) is 4.73 Å². The number of aromatic nitrogens is 1. The summed E-state index contributed by atoms with van der Waals surface area (Å²) in [6, 6.07) is 15.4. The molecule has 9 heteroatoms. The maximum absolute atomic E-state index is 12.5. The number of nitrogens with one attached hydrogen (secondary N) is 1. The molecule has 0 aliphatic rings. The third-order valence-corrected chi connectivity index (χ3v) is 4.00. The summed E-state index contributed by atoms with van der Waals surface area (Å²) in [5, 5.41) is 13.5. The molecule has 0 fully saturated rings. The highest BCUT2D eigenvalue weighted by Gasteiger charge is 2.14. The van der Waals surface area contributed by atoms with Crippen molar-refractivity contribution in [1.29, 1.82) is 0 Å². The molecule has 0 bridgehead atoms. The van der Waals surface area contributed by atoms with E-state index in [0.29, 0.717) is 17.0 Å². The number of hydrogen-bond acceptors (Lipinski definition) is 6. The van der Waals surface area contributed by atoms with E-state index in [4.69, 9.17) is 9.57 Å². The van der Waals surface area contributed by atoms with E-state index in [1.54, 1.807) is 30.3 Å². The van der Waals surface area contributed by atoms with Gasteiger partial charge in [0.2, 0.25) is 0 Å². The van der Waals surface area contributed by atoms with Crippen LogP contribution in [-0.4, -0.2) is 22.7 Å². The Bertz CT molecular complexity index is 1090. The fourth-order valence-electron chi connectivity index (χ4n) is 2.53. The van der Waals surface area contributed by atoms with Crippen LogP contribution in [0.25, 0.3) is 0 Å². The molecule has 3 rings (SSSR count). The quantitative estimate of drug-likeness (QED) is 0.486. The molecular formula is C20H17N3O6. The number of amides is 1. The zero-order chi connectivity index (χ0) is 20.8. The first-order valence-corrected chi connectivity index (χ1v) is 8.51. The summed E-state index contributed by atoms with van der Waals surface area (Å²) >= 11 is 0. The molecule has 0 saturated carbocycles. The van der Waals surface area contributed by atoms with Crippen LogP contribution in [0.1, 0.15) is 15.9 Å². The van der Waals surface area contributed by atoms with Crippen LogP contribution in [0.15, 0.2) is 71.7 Å². The normalized spacial score (nSPS) is 10.2. The van der Waals surface area contributed by atoms with Gasteiger partial charge in [0.05, 0.1) is 12.0 Å². The molecule has 0 unspecified atom stereocenters. The van der Waals surface area contributed by atoms with E-state index in [1.165, 1.54) is 43.6 Å². The van der Waals surface area contributed by atoms with Gasteiger partial charge < -0.3 is 14.9 Å². The summed E-state index contributed by atoms with van der Waals surface area (Å²) in [6.07, 6.45) is 1.36. The van der Waals surface area contributed by atoms with E-state index in [1.807, 2.05) is 0 Å². The van der Waals surface area contributed by atoms with Crippen LogP contribution >= 0.6 is 0 Å². The first-order valence-electron chi connectivity index (χ1n) is 8.51. The predicted molar refractivity (Wildman–Crippen MR) is 105 cm³/mol. The number of benzene rings is 2. The minimum atomic E-state index is -0.649. The highest BCUT2D eigenvalue weighted by molar-refractivity contribution is 6.03. The van der Waals surface area contributed by atoms with Crippen LogP contribution in [0.2, 0.25) is 0 Å². The Balaban J connectivity index is 1.73. The van der Waals surface area contributed by atoms with Crippen LogP contribution in [0.4, 0.5) is 11.4 Å². The standard InChI is InChI=1S/C20H17N3O6/c1-28-17-9-7-15(8-10-17)21-19(24)18-6-3-11-22(20(18)25)29-13-14-4-2-5-16(12-14)23(26)27/h2-12H,13H2,1H3,(H,21,24). The van der Waals surface area contributed by atoms with Crippen LogP contribution in [0.5, 0.6) is 5.75 Å². The molecule has 148 valence electrons. The van der Waals surface area contributed by atoms with Crippen molar-refractivity contribution in [3.63, 3.8) is 0 Å². The lowest BCUT2D eigenvalue weighted by molar-refractivity contribution is -0.384. The molecular weight excluding hydrogens is 378 g/mol. The fourth-order valence-corrected chi connectivity index (χ4v) is 2.53. The van der Waals surface area contributed by atoms with Gasteiger partial charge in [-0.3, -0.25) is 19.7 Å². The molecule has 0 aliphatic carbocycles. The van der Waals surface area contributed by atoms with E-state index >= 15 is 0 Å². The Hall–Kier alpha value is -4.14. The van der Waals surface area contributed by atoms with Gasteiger partial charge in [0.25, 0.3) is 17.2 Å². The number of pyridine rings is 1. The summed E-state index contributed by atoms with van der Waals surface area (Å²) < 4.78 is 5.98. The van der Waals surface area contributed by atoms with Gasteiger partial charge in [0.15, 0.2) is 0 Å². The lowest BCUT2D eigenvalue weighted by Gasteiger charge is -2.10. The Morgan fingerprint density at radius 1 is 1.14 bits per heavy atom. The molecule has 0 saturated heterocycles. The Labute approximate surface area is 165 Å². The molecule has 1 amide bonds. The number of anilines is 1. The van der Waals surface area contributed by atoms with Crippen LogP contribution in [-0.2, 0) is 6.61 Å². The van der Waals surface area contributed by atoms with Crippen molar-refractivity contribution < 1.29 is 19.3 Å². The molecule has 0 atom stereocenters. The van der Waals surface area contributed by atoms with Gasteiger partial charge in [-0.15, -0.1) is 0 Å². The number of nitro benzene ring substituents is 1. The van der Waals surface area contributed by atoms with Gasteiger partial charge in [-0.25, -0.2) is 0 Å². The second-order valence-corrected chi connectivity index (χ2v) is 5.94. The van der Waals surface area contributed by atoms with Gasteiger partial charge in [-0.1, -0.05) is 12.1 Å². The van der Waals surface area contributed by atoms with Crippen molar-refractivity contribution >= 4 is 17.3 Å². The largest absolute Gasteiger partial charge is 0.497 e. The molecule has 1 heterocycles. The zero-order valence-electron chi connectivity index (χ0n) is 15.4. The molecule has 1 N–H and O–H groups in total. The first kappa shape index (κ1) is 19.6. The Kier molecular flexibility index (Phi) is 5.88. The summed E-state index contributed by atoms with van der Waals surface area (Å²) in [4.78, 5) is 40.7. The summed E-state index contributed by atoms with van der Waals surface area (Å²) in [5.74, 6) is 0.0491. The topological polar surface area (TPSA) is 113 Å². The van der Waals surface area contributed by atoms with Gasteiger partial charge in [-0.05, 0) is 42.0 Å². The number of carbonyl (C=O) groups excluding carboxylic acids is 1. The number of nitrogens with zero attached hydrogens (tertiary/aromatic N) is 2. The van der Waals surface area contributed by atoms with Crippen molar-refractivity contribution in [3.05, 3.63) is 98.5 Å². The number of ether oxygens (including phenoxy) is 1. The second-order valence-electron chi connectivity index (χ2n) is 5.94. The number of methoxy groups -OCH3 is 1. The van der Waals surface area contributed by atoms with E-state index in [0.717, 1.165) is 4.73 Å². The first-order chi connectivity index (χ1) is 14.0. The fraction of sp³-hybridized carbons (Fsp3) is 0.100. The van der Waals surface area contributed by atoms with E-state index in [-0.39, 0.29) is 17.9 Å². The van der Waals surface area contributed by atoms with Crippen molar-refractivity contribution in [3.8, 4) is 5.75 Å². The van der Waals surface area contributed by atoms with E-state index < -0.39 is 16.4 Å². The maximum atomic E-state index is 12.5. The predicted octanol–water partition coefficient (Wildman–Crippen LogP) is 2.65. The number of non-ortho nitro benzene ring substituents is 1. The molecule has 0 aliphatic heterocycles. The molecule has 3 aromatic rings. The Morgan fingerprint density at radius 2 is 1.90 bits per heavy atom. The van der Waals surface area contributed by atoms with Crippen LogP contribution in [0, 0.1) is 10.1 Å². The summed E-state index contributed by atoms with van der Waals surface area (Å²) in [7, 11) is 1.54. The van der Waals surface area contributed by atoms with Gasteiger partial charge in [0.1, 0.15) is 17.9 Å². The summed E-state index contributed by atoms with van der Waals surface area (Å²) in [6.45, 7) is -0.0782. The van der Waals surface area contributed by atoms with Gasteiger partial charge >= 0.3 is 0 Å². The highest BCUT2D eigenvalue weighted by Crippen LogP contribution is 2.15. The molecule has 9 nitrogen and oxygen atoms in total. The SMILES string of the molecule is COc1ccc(NC(=O)c2cccn(OCc3cccc([N+](=O)[O-])c3)c2=O)cc1. The lowest BCUT2D eigenvalue weighted by Crippen LogP contribution is -2.32. The van der Waals surface area contributed by atoms with Gasteiger partial charge in [0, 0.05) is 24.0 Å². The number of carbonyl (C=O) groups is 1. The maximum Gasteiger partial charge on any atom is 0.295 e. The zero-order valence-corrected chi connectivity index (χ0v) is 15.4. The molecule has 0 radical (unpaired) electrons. The molecule has 1 aromatic heterocycles. The third kappa shape index (κ3) is 4.78.